The van der Waals surface area contributed by atoms with Gasteiger partial charge in [-0.1, -0.05) is 39.2 Å². The number of hydrogen-bond acceptors (Lipinski definition) is 2. The van der Waals surface area contributed by atoms with Crippen molar-refractivity contribution < 1.29 is 9.84 Å². The van der Waals surface area contributed by atoms with Gasteiger partial charge in [-0.15, -0.1) is 0 Å². The first kappa shape index (κ1) is 15.4. The van der Waals surface area contributed by atoms with Crippen LogP contribution in [-0.2, 0) is 0 Å². The van der Waals surface area contributed by atoms with E-state index in [4.69, 9.17) is 16.3 Å². The Morgan fingerprint density at radius 1 is 1.20 bits per heavy atom. The van der Waals surface area contributed by atoms with Crippen LogP contribution < -0.4 is 4.74 Å². The van der Waals surface area contributed by atoms with Gasteiger partial charge in [0.25, 0.3) is 0 Å². The lowest BCUT2D eigenvalue weighted by atomic mass is 9.99. The summed E-state index contributed by atoms with van der Waals surface area (Å²) in [5.74, 6) is 0.682. The van der Waals surface area contributed by atoms with Crippen LogP contribution in [0.1, 0.15) is 29.7 Å². The molecular formula is C16H16BrClO2. The normalized spacial score (nSPS) is 12.2. The largest absolute Gasteiger partial charge is 0.493 e. The summed E-state index contributed by atoms with van der Waals surface area (Å²) >= 11 is 9.59. The molecule has 0 aliphatic heterocycles. The third-order valence-electron chi connectivity index (χ3n) is 3.01. The summed E-state index contributed by atoms with van der Waals surface area (Å²) in [5, 5.41) is 11.2. The van der Waals surface area contributed by atoms with Gasteiger partial charge < -0.3 is 9.84 Å². The van der Waals surface area contributed by atoms with E-state index in [1.165, 1.54) is 0 Å². The summed E-state index contributed by atoms with van der Waals surface area (Å²) in [4.78, 5) is 0. The Bertz CT molecular complexity index is 613. The fourth-order valence-electron chi connectivity index (χ4n) is 2.06. The van der Waals surface area contributed by atoms with Crippen molar-refractivity contribution in [3.63, 3.8) is 0 Å². The zero-order valence-electron chi connectivity index (χ0n) is 11.4. The van der Waals surface area contributed by atoms with E-state index in [0.29, 0.717) is 22.9 Å². The number of aliphatic hydroxyl groups excluding tert-OH is 1. The zero-order chi connectivity index (χ0) is 14.7. The minimum atomic E-state index is -0.818. The Morgan fingerprint density at radius 2 is 1.95 bits per heavy atom. The molecule has 0 bridgehead atoms. The first-order valence-corrected chi connectivity index (χ1v) is 7.56. The maximum Gasteiger partial charge on any atom is 0.125 e. The molecule has 0 radical (unpaired) electrons. The van der Waals surface area contributed by atoms with Crippen LogP contribution in [0.4, 0.5) is 0 Å². The molecule has 1 unspecified atom stereocenters. The average molecular weight is 356 g/mol. The van der Waals surface area contributed by atoms with Crippen LogP contribution in [-0.4, -0.2) is 11.7 Å². The second-order valence-corrected chi connectivity index (χ2v) is 5.87. The summed E-state index contributed by atoms with van der Waals surface area (Å²) in [6, 6.07) is 11.2. The Balaban J connectivity index is 2.49. The summed E-state index contributed by atoms with van der Waals surface area (Å²) in [6.45, 7) is 4.45. The van der Waals surface area contributed by atoms with Gasteiger partial charge in [-0.2, -0.15) is 0 Å². The first-order valence-electron chi connectivity index (χ1n) is 6.39. The van der Waals surface area contributed by atoms with E-state index >= 15 is 0 Å². The molecular weight excluding hydrogens is 340 g/mol. The van der Waals surface area contributed by atoms with Crippen molar-refractivity contribution in [2.45, 2.75) is 20.0 Å². The number of benzene rings is 2. The van der Waals surface area contributed by atoms with Gasteiger partial charge in [0.2, 0.25) is 0 Å². The monoisotopic (exact) mass is 354 g/mol. The molecule has 0 heterocycles. The number of halogens is 2. The molecule has 2 nitrogen and oxygen atoms in total. The topological polar surface area (TPSA) is 29.5 Å². The van der Waals surface area contributed by atoms with Crippen molar-refractivity contribution in [3.05, 3.63) is 62.6 Å². The summed E-state index contributed by atoms with van der Waals surface area (Å²) in [7, 11) is 0. The lowest BCUT2D eigenvalue weighted by Crippen LogP contribution is -2.05. The van der Waals surface area contributed by atoms with Crippen molar-refractivity contribution in [1.82, 2.24) is 0 Å². The number of aryl methyl sites for hydroxylation is 1. The zero-order valence-corrected chi connectivity index (χ0v) is 13.7. The number of ether oxygens (including phenoxy) is 1. The van der Waals surface area contributed by atoms with E-state index < -0.39 is 6.10 Å². The van der Waals surface area contributed by atoms with Crippen molar-refractivity contribution in [3.8, 4) is 5.75 Å². The van der Waals surface area contributed by atoms with Crippen LogP contribution in [0.15, 0.2) is 40.9 Å². The maximum atomic E-state index is 10.6. The third-order valence-corrected chi connectivity index (χ3v) is 3.85. The van der Waals surface area contributed by atoms with Gasteiger partial charge >= 0.3 is 0 Å². The molecule has 2 rings (SSSR count). The molecule has 0 aliphatic rings. The van der Waals surface area contributed by atoms with Crippen molar-refractivity contribution >= 4 is 27.5 Å². The van der Waals surface area contributed by atoms with E-state index in [0.717, 1.165) is 15.6 Å². The third kappa shape index (κ3) is 3.35. The molecule has 2 aromatic carbocycles. The Labute approximate surface area is 132 Å². The van der Waals surface area contributed by atoms with Crippen LogP contribution in [0.25, 0.3) is 0 Å². The standard InChI is InChI=1S/C16H16BrClO2/c1-3-20-15-7-4-10(2)8-13(15)16(19)12-9-11(17)5-6-14(12)18/h4-9,16,19H,3H2,1-2H3. The van der Waals surface area contributed by atoms with Gasteiger partial charge in [0.05, 0.1) is 6.61 Å². The molecule has 0 saturated heterocycles. The van der Waals surface area contributed by atoms with Gasteiger partial charge in [-0.05, 0) is 44.2 Å². The van der Waals surface area contributed by atoms with Crippen molar-refractivity contribution in [2.24, 2.45) is 0 Å². The molecule has 0 aliphatic carbocycles. The minimum Gasteiger partial charge on any atom is -0.493 e. The first-order chi connectivity index (χ1) is 9.52. The van der Waals surface area contributed by atoms with Gasteiger partial charge in [-0.25, -0.2) is 0 Å². The molecule has 0 spiro atoms. The highest BCUT2D eigenvalue weighted by molar-refractivity contribution is 9.10. The van der Waals surface area contributed by atoms with Crippen LogP contribution in [0, 0.1) is 6.92 Å². The smallest absolute Gasteiger partial charge is 0.125 e. The fraction of sp³-hybridized carbons (Fsp3) is 0.250. The molecule has 2 aromatic rings. The SMILES string of the molecule is CCOc1ccc(C)cc1C(O)c1cc(Br)ccc1Cl. The number of rotatable bonds is 4. The van der Waals surface area contributed by atoms with E-state index in [1.54, 1.807) is 6.07 Å². The molecule has 0 amide bonds. The van der Waals surface area contributed by atoms with E-state index in [-0.39, 0.29) is 0 Å². The van der Waals surface area contributed by atoms with Crippen molar-refractivity contribution in [1.29, 1.82) is 0 Å². The fourth-order valence-corrected chi connectivity index (χ4v) is 2.66. The van der Waals surface area contributed by atoms with Crippen LogP contribution >= 0.6 is 27.5 Å². The predicted molar refractivity (Wildman–Crippen MR) is 85.6 cm³/mol. The molecule has 0 aromatic heterocycles. The molecule has 20 heavy (non-hydrogen) atoms. The molecule has 0 fully saturated rings. The summed E-state index contributed by atoms with van der Waals surface area (Å²) < 4.78 is 6.47. The minimum absolute atomic E-state index is 0.532. The van der Waals surface area contributed by atoms with Gasteiger partial charge in [0, 0.05) is 20.6 Å². The lowest BCUT2D eigenvalue weighted by Gasteiger charge is -2.18. The van der Waals surface area contributed by atoms with Crippen LogP contribution in [0.3, 0.4) is 0 Å². The van der Waals surface area contributed by atoms with E-state index in [1.807, 2.05) is 44.2 Å². The summed E-state index contributed by atoms with van der Waals surface area (Å²) in [5.41, 5.74) is 2.45. The molecule has 1 atom stereocenters. The second-order valence-electron chi connectivity index (χ2n) is 4.54. The Kier molecular flexibility index (Phi) is 5.08. The van der Waals surface area contributed by atoms with Crippen LogP contribution in [0.2, 0.25) is 5.02 Å². The van der Waals surface area contributed by atoms with Crippen molar-refractivity contribution in [2.75, 3.05) is 6.61 Å². The highest BCUT2D eigenvalue weighted by atomic mass is 79.9. The van der Waals surface area contributed by atoms with Crippen LogP contribution in [0.5, 0.6) is 5.75 Å². The second kappa shape index (κ2) is 6.61. The lowest BCUT2D eigenvalue weighted by molar-refractivity contribution is 0.212. The van der Waals surface area contributed by atoms with Gasteiger partial charge in [0.1, 0.15) is 11.9 Å². The molecule has 106 valence electrons. The molecule has 1 N–H and O–H groups in total. The average Bonchev–Trinajstić information content (AvgIpc) is 2.43. The predicted octanol–water partition coefficient (Wildman–Crippen LogP) is 4.89. The quantitative estimate of drug-likeness (QED) is 0.846. The van der Waals surface area contributed by atoms with Gasteiger partial charge in [-0.3, -0.25) is 0 Å². The Morgan fingerprint density at radius 3 is 2.65 bits per heavy atom. The maximum absolute atomic E-state index is 10.6. The Hall–Kier alpha value is -1.03. The molecule has 4 heteroatoms. The van der Waals surface area contributed by atoms with E-state index in [9.17, 15) is 5.11 Å². The number of aliphatic hydroxyl groups is 1. The van der Waals surface area contributed by atoms with Gasteiger partial charge in [0.15, 0.2) is 0 Å². The highest BCUT2D eigenvalue weighted by Crippen LogP contribution is 2.35. The molecule has 0 saturated carbocycles. The van der Waals surface area contributed by atoms with E-state index in [2.05, 4.69) is 15.9 Å². The highest BCUT2D eigenvalue weighted by Gasteiger charge is 2.18. The summed E-state index contributed by atoms with van der Waals surface area (Å²) in [6.07, 6.45) is -0.818. The number of hydrogen-bond donors (Lipinski definition) is 1.